The van der Waals surface area contributed by atoms with Crippen LogP contribution in [-0.2, 0) is 17.5 Å². The lowest BCUT2D eigenvalue weighted by molar-refractivity contribution is -0.137. The molecule has 0 atom stereocenters. The van der Waals surface area contributed by atoms with Gasteiger partial charge in [0.15, 0.2) is 5.78 Å². The summed E-state index contributed by atoms with van der Waals surface area (Å²) in [6.07, 6.45) is -8.80. The Hall–Kier alpha value is -2.33. The molecule has 0 aromatic heterocycles. The number of alkyl halides is 6. The molecule has 0 unspecified atom stereocenters. The summed E-state index contributed by atoms with van der Waals surface area (Å²) in [5.74, 6) is -1.31. The SMILES string of the molecule is CCCC(=O)NCc1ccc(C(=O)C=C(c2cc(Br)cc(C(F)(F)F)c2)C(F)(F)F)cc1Cl. The van der Waals surface area contributed by atoms with E-state index in [1.54, 1.807) is 0 Å². The molecule has 2 rings (SSSR count). The lowest BCUT2D eigenvalue weighted by Crippen LogP contribution is -2.22. The molecule has 0 radical (unpaired) electrons. The van der Waals surface area contributed by atoms with Gasteiger partial charge in [-0.15, -0.1) is 0 Å². The second-order valence-electron chi connectivity index (χ2n) is 6.98. The van der Waals surface area contributed by atoms with Crippen LogP contribution < -0.4 is 5.32 Å². The second-order valence-corrected chi connectivity index (χ2v) is 8.30. The number of amides is 1. The van der Waals surface area contributed by atoms with Crippen LogP contribution in [0.15, 0.2) is 46.9 Å². The van der Waals surface area contributed by atoms with Gasteiger partial charge in [0, 0.05) is 28.0 Å². The molecular weight excluding hydrogens is 540 g/mol. The number of carbonyl (C=O) groups is 2. The average Bonchev–Trinajstić information content (AvgIpc) is 2.69. The highest BCUT2D eigenvalue weighted by atomic mass is 79.9. The van der Waals surface area contributed by atoms with Gasteiger partial charge in [-0.1, -0.05) is 46.6 Å². The number of hydrogen-bond donors (Lipinski definition) is 1. The Morgan fingerprint density at radius 3 is 2.24 bits per heavy atom. The Bertz CT molecular complexity index is 1080. The zero-order valence-corrected chi connectivity index (χ0v) is 19.3. The number of rotatable bonds is 7. The molecule has 0 aliphatic carbocycles. The first-order valence-electron chi connectivity index (χ1n) is 9.49. The maximum atomic E-state index is 13.6. The third-order valence-corrected chi connectivity index (χ3v) is 5.22. The van der Waals surface area contributed by atoms with Gasteiger partial charge in [0.2, 0.25) is 5.91 Å². The van der Waals surface area contributed by atoms with E-state index in [4.69, 9.17) is 11.6 Å². The van der Waals surface area contributed by atoms with E-state index in [9.17, 15) is 35.9 Å². The summed E-state index contributed by atoms with van der Waals surface area (Å²) >= 11 is 8.87. The van der Waals surface area contributed by atoms with E-state index < -0.39 is 34.8 Å². The fraction of sp³-hybridized carbons (Fsp3) is 0.273. The van der Waals surface area contributed by atoms with Crippen LogP contribution in [0.4, 0.5) is 26.3 Å². The first-order valence-corrected chi connectivity index (χ1v) is 10.7. The van der Waals surface area contributed by atoms with Crippen LogP contribution in [0.3, 0.4) is 0 Å². The number of carbonyl (C=O) groups excluding carboxylic acids is 2. The van der Waals surface area contributed by atoms with Gasteiger partial charge in [0.05, 0.1) is 11.1 Å². The van der Waals surface area contributed by atoms with E-state index in [1.165, 1.54) is 12.1 Å². The molecule has 0 fully saturated rings. The molecule has 0 bridgehead atoms. The molecule has 0 spiro atoms. The predicted octanol–water partition coefficient (Wildman–Crippen LogP) is 7.37. The highest BCUT2D eigenvalue weighted by Crippen LogP contribution is 2.39. The molecule has 33 heavy (non-hydrogen) atoms. The van der Waals surface area contributed by atoms with Crippen molar-refractivity contribution >= 4 is 44.8 Å². The highest BCUT2D eigenvalue weighted by Gasteiger charge is 2.38. The van der Waals surface area contributed by atoms with Gasteiger partial charge in [-0.3, -0.25) is 9.59 Å². The van der Waals surface area contributed by atoms with Gasteiger partial charge in [0.25, 0.3) is 0 Å². The first-order chi connectivity index (χ1) is 15.2. The average molecular weight is 557 g/mol. The minimum atomic E-state index is -5.10. The smallest absolute Gasteiger partial charge is 0.352 e. The molecule has 0 aliphatic heterocycles. The molecule has 178 valence electrons. The zero-order valence-electron chi connectivity index (χ0n) is 17.0. The second kappa shape index (κ2) is 10.7. The monoisotopic (exact) mass is 555 g/mol. The normalized spacial score (nSPS) is 12.6. The Morgan fingerprint density at radius 2 is 1.70 bits per heavy atom. The minimum Gasteiger partial charge on any atom is -0.352 e. The summed E-state index contributed by atoms with van der Waals surface area (Å²) < 4.78 is 79.8. The van der Waals surface area contributed by atoms with Crippen molar-refractivity contribution in [3.05, 3.63) is 74.2 Å². The molecule has 2 aromatic rings. The Labute approximate surface area is 198 Å². The maximum Gasteiger partial charge on any atom is 0.417 e. The van der Waals surface area contributed by atoms with Crippen LogP contribution >= 0.6 is 27.5 Å². The summed E-state index contributed by atoms with van der Waals surface area (Å²) in [7, 11) is 0. The van der Waals surface area contributed by atoms with E-state index in [2.05, 4.69) is 21.2 Å². The third kappa shape index (κ3) is 7.60. The highest BCUT2D eigenvalue weighted by molar-refractivity contribution is 9.10. The molecule has 3 nitrogen and oxygen atoms in total. The van der Waals surface area contributed by atoms with Crippen molar-refractivity contribution in [2.24, 2.45) is 0 Å². The molecule has 1 amide bonds. The third-order valence-electron chi connectivity index (χ3n) is 4.41. The minimum absolute atomic E-state index is 0.0430. The van der Waals surface area contributed by atoms with Crippen molar-refractivity contribution < 1.29 is 35.9 Å². The van der Waals surface area contributed by atoms with Gasteiger partial charge >= 0.3 is 12.4 Å². The number of halogens is 8. The molecule has 1 N–H and O–H groups in total. The van der Waals surface area contributed by atoms with Crippen molar-refractivity contribution in [2.75, 3.05) is 0 Å². The standard InChI is InChI=1S/C22H17BrClF6NO2/c1-2-3-20(33)31-11-13-5-4-12(8-18(13)24)19(32)10-17(22(28,29)30)14-6-15(21(25,26)27)9-16(23)7-14/h4-10H,2-3,11H2,1H3,(H,31,33). The molecule has 11 heteroatoms. The number of allylic oxidation sites excluding steroid dienone is 2. The van der Waals surface area contributed by atoms with Crippen molar-refractivity contribution in [1.82, 2.24) is 5.32 Å². The van der Waals surface area contributed by atoms with Gasteiger partial charge in [-0.2, -0.15) is 26.3 Å². The number of hydrogen-bond acceptors (Lipinski definition) is 2. The van der Waals surface area contributed by atoms with E-state index in [-0.39, 0.29) is 33.6 Å². The van der Waals surface area contributed by atoms with Crippen molar-refractivity contribution in [2.45, 2.75) is 38.7 Å². The van der Waals surface area contributed by atoms with E-state index in [0.717, 1.165) is 12.1 Å². The van der Waals surface area contributed by atoms with E-state index in [0.29, 0.717) is 30.5 Å². The van der Waals surface area contributed by atoms with Gasteiger partial charge in [-0.05, 0) is 47.9 Å². The Kier molecular flexibility index (Phi) is 8.75. The quantitative estimate of drug-likeness (QED) is 0.220. The van der Waals surface area contributed by atoms with Crippen LogP contribution in [0.5, 0.6) is 0 Å². The van der Waals surface area contributed by atoms with Crippen LogP contribution in [0.1, 0.15) is 46.8 Å². The van der Waals surface area contributed by atoms with Crippen molar-refractivity contribution in [1.29, 1.82) is 0 Å². The summed E-state index contributed by atoms with van der Waals surface area (Å²) in [6.45, 7) is 1.89. The van der Waals surface area contributed by atoms with Crippen LogP contribution in [0.2, 0.25) is 5.02 Å². The fourth-order valence-corrected chi connectivity index (χ4v) is 3.55. The fourth-order valence-electron chi connectivity index (χ4n) is 2.81. The topological polar surface area (TPSA) is 46.2 Å². The Balaban J connectivity index is 2.40. The largest absolute Gasteiger partial charge is 0.417 e. The van der Waals surface area contributed by atoms with Gasteiger partial charge < -0.3 is 5.32 Å². The molecule has 2 aromatic carbocycles. The van der Waals surface area contributed by atoms with Gasteiger partial charge in [0.1, 0.15) is 0 Å². The molecule has 0 aliphatic rings. The summed E-state index contributed by atoms with van der Waals surface area (Å²) in [5, 5.41) is 2.66. The lowest BCUT2D eigenvalue weighted by Gasteiger charge is -2.15. The van der Waals surface area contributed by atoms with Crippen LogP contribution in [0.25, 0.3) is 5.57 Å². The predicted molar refractivity (Wildman–Crippen MR) is 116 cm³/mol. The van der Waals surface area contributed by atoms with Crippen molar-refractivity contribution in [3.63, 3.8) is 0 Å². The Morgan fingerprint density at radius 1 is 1.03 bits per heavy atom. The van der Waals surface area contributed by atoms with E-state index >= 15 is 0 Å². The summed E-state index contributed by atoms with van der Waals surface area (Å²) in [5.41, 5.74) is -3.41. The summed E-state index contributed by atoms with van der Waals surface area (Å²) in [4.78, 5) is 24.1. The lowest BCUT2D eigenvalue weighted by atomic mass is 9.99. The number of ketones is 1. The molecule has 0 heterocycles. The van der Waals surface area contributed by atoms with Crippen molar-refractivity contribution in [3.8, 4) is 0 Å². The zero-order chi connectivity index (χ0) is 25.0. The summed E-state index contributed by atoms with van der Waals surface area (Å²) in [6, 6.07) is 5.55. The number of benzene rings is 2. The van der Waals surface area contributed by atoms with Crippen LogP contribution in [-0.4, -0.2) is 17.9 Å². The molecule has 0 saturated carbocycles. The molecule has 0 saturated heterocycles. The number of nitrogens with one attached hydrogen (secondary N) is 1. The van der Waals surface area contributed by atoms with Crippen LogP contribution in [0, 0.1) is 0 Å². The maximum absolute atomic E-state index is 13.6. The van der Waals surface area contributed by atoms with Gasteiger partial charge in [-0.25, -0.2) is 0 Å². The first kappa shape index (κ1) is 26.9. The van der Waals surface area contributed by atoms with E-state index in [1.807, 2.05) is 6.92 Å². The molecular formula is C22H17BrClF6NO2.